The molecule has 0 spiro atoms. The Morgan fingerprint density at radius 3 is 2.53 bits per heavy atom. The number of aromatic nitrogens is 4. The van der Waals surface area contributed by atoms with Crippen LogP contribution < -0.4 is 4.74 Å². The largest absolute Gasteiger partial charge is 0.492 e. The predicted octanol–water partition coefficient (Wildman–Crippen LogP) is 6.39. The van der Waals surface area contributed by atoms with Crippen LogP contribution >= 0.6 is 0 Å². The lowest BCUT2D eigenvalue weighted by atomic mass is 10.1. The minimum absolute atomic E-state index is 0.532. The molecule has 0 N–H and O–H groups in total. The Morgan fingerprint density at radius 1 is 0.972 bits per heavy atom. The van der Waals surface area contributed by atoms with Crippen molar-refractivity contribution in [3.8, 4) is 23.2 Å². The summed E-state index contributed by atoms with van der Waals surface area (Å²) in [6, 6.07) is 22.9. The molecule has 5 aromatic rings. The maximum Gasteiger partial charge on any atom is 0.140 e. The maximum absolute atomic E-state index is 8.78. The first-order valence-electron chi connectivity index (χ1n) is 12.6. The van der Waals surface area contributed by atoms with E-state index in [0.717, 1.165) is 75.4 Å². The number of rotatable bonds is 9. The molecule has 0 radical (unpaired) electrons. The van der Waals surface area contributed by atoms with Crippen LogP contribution in [0.3, 0.4) is 0 Å². The first-order chi connectivity index (χ1) is 17.6. The third-order valence-electron chi connectivity index (χ3n) is 6.68. The van der Waals surface area contributed by atoms with Gasteiger partial charge in [-0.25, -0.2) is 9.97 Å². The van der Waals surface area contributed by atoms with E-state index < -0.39 is 0 Å². The van der Waals surface area contributed by atoms with Crippen LogP contribution in [0.1, 0.15) is 36.7 Å². The summed E-state index contributed by atoms with van der Waals surface area (Å²) in [5.74, 6) is 2.89. The molecule has 0 aliphatic heterocycles. The molecule has 182 valence electrons. The third-order valence-corrected chi connectivity index (χ3v) is 6.68. The molecule has 0 fully saturated rings. The molecule has 0 aliphatic carbocycles. The molecular formula is C30H31N5O. The Labute approximate surface area is 211 Å². The van der Waals surface area contributed by atoms with E-state index in [1.807, 2.05) is 36.4 Å². The summed E-state index contributed by atoms with van der Waals surface area (Å²) in [5, 5.41) is 8.78. The second-order valence-corrected chi connectivity index (χ2v) is 9.22. The average Bonchev–Trinajstić information content (AvgIpc) is 3.42. The summed E-state index contributed by atoms with van der Waals surface area (Å²) in [6.07, 6.45) is 3.25. The van der Waals surface area contributed by atoms with Crippen molar-refractivity contribution >= 4 is 22.1 Å². The highest BCUT2D eigenvalue weighted by Gasteiger charge is 2.17. The molecule has 0 saturated heterocycles. The van der Waals surface area contributed by atoms with Crippen LogP contribution in [-0.2, 0) is 26.4 Å². The molecule has 6 heteroatoms. The van der Waals surface area contributed by atoms with Crippen LogP contribution in [0.5, 0.6) is 5.75 Å². The van der Waals surface area contributed by atoms with E-state index in [-0.39, 0.29) is 0 Å². The Hall–Kier alpha value is -4.11. The number of aryl methyl sites for hydroxylation is 4. The van der Waals surface area contributed by atoms with E-state index in [1.54, 1.807) is 0 Å². The van der Waals surface area contributed by atoms with Crippen molar-refractivity contribution in [2.24, 2.45) is 7.05 Å². The SMILES string of the molecule is CCCc1nc2c(C)cc(-c3nc4ccccc4n3C)cc2n1CCOc1ccc(CCC#N)cc1. The molecule has 0 amide bonds. The van der Waals surface area contributed by atoms with Gasteiger partial charge in [0.25, 0.3) is 0 Å². The molecule has 0 aliphatic rings. The Balaban J connectivity index is 1.44. The third kappa shape index (κ3) is 4.57. The lowest BCUT2D eigenvalue weighted by molar-refractivity contribution is 0.298. The topological polar surface area (TPSA) is 68.7 Å². The number of benzene rings is 3. The van der Waals surface area contributed by atoms with Gasteiger partial charge in [-0.2, -0.15) is 5.26 Å². The molecule has 36 heavy (non-hydrogen) atoms. The zero-order valence-corrected chi connectivity index (χ0v) is 21.2. The van der Waals surface area contributed by atoms with Gasteiger partial charge < -0.3 is 13.9 Å². The number of nitrogens with zero attached hydrogens (tertiary/aromatic N) is 5. The second kappa shape index (κ2) is 10.2. The fourth-order valence-corrected chi connectivity index (χ4v) is 4.84. The first-order valence-corrected chi connectivity index (χ1v) is 12.6. The highest BCUT2D eigenvalue weighted by atomic mass is 16.5. The molecule has 2 heterocycles. The number of fused-ring (bicyclic) bond motifs is 2. The van der Waals surface area contributed by atoms with Crippen molar-refractivity contribution in [3.63, 3.8) is 0 Å². The smallest absolute Gasteiger partial charge is 0.140 e. The Kier molecular flexibility index (Phi) is 6.73. The van der Waals surface area contributed by atoms with Crippen LogP contribution in [-0.4, -0.2) is 25.7 Å². The summed E-state index contributed by atoms with van der Waals surface area (Å²) >= 11 is 0. The first kappa shape index (κ1) is 23.6. The van der Waals surface area contributed by atoms with Gasteiger partial charge in [-0.3, -0.25) is 0 Å². The quantitative estimate of drug-likeness (QED) is 0.247. The normalized spacial score (nSPS) is 11.3. The average molecular weight is 478 g/mol. The number of ether oxygens (including phenoxy) is 1. The number of hydrogen-bond acceptors (Lipinski definition) is 4. The maximum atomic E-state index is 8.78. The Bertz CT molecular complexity index is 1550. The summed E-state index contributed by atoms with van der Waals surface area (Å²) in [4.78, 5) is 9.94. The van der Waals surface area contributed by atoms with E-state index in [4.69, 9.17) is 20.0 Å². The van der Waals surface area contributed by atoms with Gasteiger partial charge in [0.15, 0.2) is 0 Å². The molecular weight excluding hydrogens is 446 g/mol. The molecule has 2 aromatic heterocycles. The van der Waals surface area contributed by atoms with Gasteiger partial charge in [0, 0.05) is 25.5 Å². The lowest BCUT2D eigenvalue weighted by Gasteiger charge is -2.12. The van der Waals surface area contributed by atoms with Gasteiger partial charge >= 0.3 is 0 Å². The zero-order valence-electron chi connectivity index (χ0n) is 21.2. The van der Waals surface area contributed by atoms with E-state index in [2.05, 4.69) is 60.4 Å². The van der Waals surface area contributed by atoms with E-state index in [9.17, 15) is 0 Å². The molecule has 0 bridgehead atoms. The minimum Gasteiger partial charge on any atom is -0.492 e. The van der Waals surface area contributed by atoms with Gasteiger partial charge in [-0.15, -0.1) is 0 Å². The zero-order chi connectivity index (χ0) is 25.1. The van der Waals surface area contributed by atoms with Crippen LogP contribution in [0.2, 0.25) is 0 Å². The number of hydrogen-bond donors (Lipinski definition) is 0. The van der Waals surface area contributed by atoms with Crippen molar-refractivity contribution in [2.45, 2.75) is 46.1 Å². The van der Waals surface area contributed by atoms with E-state index >= 15 is 0 Å². The van der Waals surface area contributed by atoms with Crippen LogP contribution in [0.4, 0.5) is 0 Å². The molecule has 5 rings (SSSR count). The van der Waals surface area contributed by atoms with Crippen molar-refractivity contribution in [3.05, 3.63) is 77.6 Å². The van der Waals surface area contributed by atoms with Crippen molar-refractivity contribution in [1.29, 1.82) is 5.26 Å². The molecule has 3 aromatic carbocycles. The van der Waals surface area contributed by atoms with E-state index in [1.165, 1.54) is 0 Å². The second-order valence-electron chi connectivity index (χ2n) is 9.22. The van der Waals surface area contributed by atoms with E-state index in [0.29, 0.717) is 19.6 Å². The summed E-state index contributed by atoms with van der Waals surface area (Å²) < 4.78 is 10.6. The Morgan fingerprint density at radius 2 is 1.78 bits per heavy atom. The summed E-state index contributed by atoms with van der Waals surface area (Å²) in [7, 11) is 2.07. The van der Waals surface area contributed by atoms with Crippen LogP contribution in [0.15, 0.2) is 60.7 Å². The van der Waals surface area contributed by atoms with Crippen molar-refractivity contribution in [2.75, 3.05) is 6.61 Å². The van der Waals surface area contributed by atoms with Gasteiger partial charge in [-0.1, -0.05) is 31.2 Å². The highest BCUT2D eigenvalue weighted by molar-refractivity contribution is 5.87. The fourth-order valence-electron chi connectivity index (χ4n) is 4.84. The van der Waals surface area contributed by atoms with Crippen LogP contribution in [0.25, 0.3) is 33.5 Å². The summed E-state index contributed by atoms with van der Waals surface area (Å²) in [5.41, 5.74) is 7.69. The van der Waals surface area contributed by atoms with Gasteiger partial charge in [0.05, 0.1) is 34.7 Å². The minimum atomic E-state index is 0.532. The van der Waals surface area contributed by atoms with Crippen molar-refractivity contribution in [1.82, 2.24) is 19.1 Å². The monoisotopic (exact) mass is 477 g/mol. The predicted molar refractivity (Wildman–Crippen MR) is 144 cm³/mol. The van der Waals surface area contributed by atoms with Crippen LogP contribution in [0, 0.1) is 18.3 Å². The lowest BCUT2D eigenvalue weighted by Crippen LogP contribution is -2.11. The van der Waals surface area contributed by atoms with Crippen molar-refractivity contribution < 1.29 is 4.74 Å². The number of para-hydroxylation sites is 2. The highest BCUT2D eigenvalue weighted by Crippen LogP contribution is 2.30. The molecule has 0 unspecified atom stereocenters. The van der Waals surface area contributed by atoms with Gasteiger partial charge in [0.1, 0.15) is 24.0 Å². The standard InChI is InChI=1S/C30H31N5O/c1-4-8-28-33-29-21(2)19-23(30-32-25-10-5-6-11-26(25)34(30)3)20-27(29)35(28)17-18-36-24-14-12-22(13-15-24)9-7-16-31/h5-6,10-15,19-20H,4,7-9,17-18H2,1-3H3. The molecule has 6 nitrogen and oxygen atoms in total. The molecule has 0 saturated carbocycles. The number of nitriles is 1. The summed E-state index contributed by atoms with van der Waals surface area (Å²) in [6.45, 7) is 5.58. The van der Waals surface area contributed by atoms with Gasteiger partial charge in [-0.05, 0) is 67.3 Å². The molecule has 0 atom stereocenters. The van der Waals surface area contributed by atoms with Gasteiger partial charge in [0.2, 0.25) is 0 Å². The fraction of sp³-hybridized carbons (Fsp3) is 0.300. The number of imidazole rings is 2.